The molecule has 100 valence electrons. The summed E-state index contributed by atoms with van der Waals surface area (Å²) in [7, 11) is 0. The van der Waals surface area contributed by atoms with Crippen LogP contribution in [0.25, 0.3) is 0 Å². The summed E-state index contributed by atoms with van der Waals surface area (Å²) in [6, 6.07) is 11.6. The molecular formula is C15H17NO2S. The predicted octanol–water partition coefficient (Wildman–Crippen LogP) is 3.48. The molecule has 1 N–H and O–H groups in total. The van der Waals surface area contributed by atoms with Crippen LogP contribution in [0.3, 0.4) is 0 Å². The van der Waals surface area contributed by atoms with Crippen molar-refractivity contribution in [3.63, 3.8) is 0 Å². The lowest BCUT2D eigenvalue weighted by Gasteiger charge is -2.04. The number of carbonyl (C=O) groups is 1. The number of benzene rings is 1. The zero-order valence-corrected chi connectivity index (χ0v) is 11.9. The lowest BCUT2D eigenvalue weighted by molar-refractivity contribution is 0.0237. The fourth-order valence-electron chi connectivity index (χ4n) is 1.79. The van der Waals surface area contributed by atoms with Gasteiger partial charge >= 0.3 is 0 Å². The minimum atomic E-state index is -0.177. The molecule has 1 amide bonds. The van der Waals surface area contributed by atoms with E-state index < -0.39 is 0 Å². The Morgan fingerprint density at radius 1 is 1.32 bits per heavy atom. The molecule has 0 bridgehead atoms. The van der Waals surface area contributed by atoms with Crippen molar-refractivity contribution in [2.45, 2.75) is 26.9 Å². The molecule has 0 radical (unpaired) electrons. The lowest BCUT2D eigenvalue weighted by atomic mass is 10.2. The minimum absolute atomic E-state index is 0.177. The second-order valence-electron chi connectivity index (χ2n) is 4.28. The predicted molar refractivity (Wildman–Crippen MR) is 77.1 cm³/mol. The van der Waals surface area contributed by atoms with Crippen LogP contribution in [0.5, 0.6) is 0 Å². The molecule has 4 heteroatoms. The molecule has 0 aliphatic carbocycles. The average Bonchev–Trinajstić information content (AvgIpc) is 2.81. The van der Waals surface area contributed by atoms with E-state index in [1.807, 2.05) is 43.3 Å². The van der Waals surface area contributed by atoms with Crippen molar-refractivity contribution in [3.05, 3.63) is 57.3 Å². The first kappa shape index (κ1) is 13.8. The summed E-state index contributed by atoms with van der Waals surface area (Å²) in [5.41, 5.74) is 4.68. The first-order valence-electron chi connectivity index (χ1n) is 6.26. The molecule has 0 saturated heterocycles. The van der Waals surface area contributed by atoms with Gasteiger partial charge in [-0.15, -0.1) is 11.3 Å². The fraction of sp³-hybridized carbons (Fsp3) is 0.267. The summed E-state index contributed by atoms with van der Waals surface area (Å²) in [6.07, 6.45) is 0.953. The molecule has 0 aliphatic rings. The van der Waals surface area contributed by atoms with E-state index in [-0.39, 0.29) is 5.91 Å². The summed E-state index contributed by atoms with van der Waals surface area (Å²) >= 11 is 1.52. The van der Waals surface area contributed by atoms with E-state index in [4.69, 9.17) is 4.84 Å². The summed E-state index contributed by atoms with van der Waals surface area (Å²) in [5, 5.41) is 0. The van der Waals surface area contributed by atoms with Gasteiger partial charge in [0.05, 0.1) is 11.5 Å². The van der Waals surface area contributed by atoms with Crippen molar-refractivity contribution >= 4 is 17.2 Å². The van der Waals surface area contributed by atoms with Gasteiger partial charge in [0.1, 0.15) is 0 Å². The highest BCUT2D eigenvalue weighted by Crippen LogP contribution is 2.22. The molecule has 0 aliphatic heterocycles. The molecule has 2 rings (SSSR count). The highest BCUT2D eigenvalue weighted by molar-refractivity contribution is 7.14. The average molecular weight is 275 g/mol. The van der Waals surface area contributed by atoms with Crippen molar-refractivity contribution in [2.24, 2.45) is 0 Å². The SMILES string of the molecule is CCc1sc(C(=O)NOCc2ccccc2)cc1C. The molecule has 2 aromatic rings. The lowest BCUT2D eigenvalue weighted by Crippen LogP contribution is -2.22. The Bertz CT molecular complexity index is 549. The Morgan fingerprint density at radius 2 is 2.05 bits per heavy atom. The number of thiophene rings is 1. The molecule has 1 aromatic heterocycles. The van der Waals surface area contributed by atoms with Gasteiger partial charge in [-0.05, 0) is 30.5 Å². The largest absolute Gasteiger partial charge is 0.284 e. The van der Waals surface area contributed by atoms with Gasteiger partial charge in [0.15, 0.2) is 0 Å². The van der Waals surface area contributed by atoms with Crippen molar-refractivity contribution < 1.29 is 9.63 Å². The number of hydrogen-bond donors (Lipinski definition) is 1. The summed E-state index contributed by atoms with van der Waals surface area (Å²) < 4.78 is 0. The van der Waals surface area contributed by atoms with Gasteiger partial charge in [0, 0.05) is 4.88 Å². The number of aryl methyl sites for hydroxylation is 2. The number of rotatable bonds is 5. The van der Waals surface area contributed by atoms with Gasteiger partial charge in [-0.25, -0.2) is 5.48 Å². The second-order valence-corrected chi connectivity index (χ2v) is 5.41. The minimum Gasteiger partial charge on any atom is -0.269 e. The van der Waals surface area contributed by atoms with Gasteiger partial charge in [0.2, 0.25) is 0 Å². The highest BCUT2D eigenvalue weighted by Gasteiger charge is 2.11. The van der Waals surface area contributed by atoms with Crippen LogP contribution in [0.2, 0.25) is 0 Å². The van der Waals surface area contributed by atoms with Crippen molar-refractivity contribution in [1.29, 1.82) is 0 Å². The van der Waals surface area contributed by atoms with Crippen LogP contribution in [0.4, 0.5) is 0 Å². The molecule has 0 spiro atoms. The van der Waals surface area contributed by atoms with Crippen molar-refractivity contribution in [2.75, 3.05) is 0 Å². The third-order valence-corrected chi connectivity index (χ3v) is 4.19. The highest BCUT2D eigenvalue weighted by atomic mass is 32.1. The third-order valence-electron chi connectivity index (χ3n) is 2.81. The number of carbonyl (C=O) groups excluding carboxylic acids is 1. The van der Waals surface area contributed by atoms with Crippen LogP contribution in [-0.2, 0) is 17.9 Å². The molecule has 3 nitrogen and oxygen atoms in total. The first-order chi connectivity index (χ1) is 9.20. The van der Waals surface area contributed by atoms with Gasteiger partial charge in [-0.2, -0.15) is 0 Å². The maximum atomic E-state index is 11.9. The van der Waals surface area contributed by atoms with E-state index >= 15 is 0 Å². The Hall–Kier alpha value is -1.65. The molecule has 0 atom stereocenters. The summed E-state index contributed by atoms with van der Waals surface area (Å²) in [6.45, 7) is 4.49. The Labute approximate surface area is 117 Å². The number of hydrogen-bond acceptors (Lipinski definition) is 3. The number of amides is 1. The molecule has 0 fully saturated rings. The standard InChI is InChI=1S/C15H17NO2S/c1-3-13-11(2)9-14(19-13)15(17)16-18-10-12-7-5-4-6-8-12/h4-9H,3,10H2,1-2H3,(H,16,17). The van der Waals surface area contributed by atoms with Crippen LogP contribution >= 0.6 is 11.3 Å². The van der Waals surface area contributed by atoms with Gasteiger partial charge in [0.25, 0.3) is 5.91 Å². The van der Waals surface area contributed by atoms with Crippen LogP contribution in [0.1, 0.15) is 32.6 Å². The zero-order valence-electron chi connectivity index (χ0n) is 11.1. The Kier molecular flexibility index (Phi) is 4.71. The summed E-state index contributed by atoms with van der Waals surface area (Å²) in [5.74, 6) is -0.177. The molecule has 1 aromatic carbocycles. The quantitative estimate of drug-likeness (QED) is 0.848. The van der Waals surface area contributed by atoms with E-state index in [0.29, 0.717) is 11.5 Å². The van der Waals surface area contributed by atoms with Crippen LogP contribution in [0.15, 0.2) is 36.4 Å². The maximum absolute atomic E-state index is 11.9. The second kappa shape index (κ2) is 6.50. The fourth-order valence-corrected chi connectivity index (χ4v) is 2.79. The van der Waals surface area contributed by atoms with Crippen molar-refractivity contribution in [3.8, 4) is 0 Å². The van der Waals surface area contributed by atoms with Crippen LogP contribution in [-0.4, -0.2) is 5.91 Å². The summed E-state index contributed by atoms with van der Waals surface area (Å²) in [4.78, 5) is 19.1. The molecule has 0 unspecified atom stereocenters. The molecule has 0 saturated carbocycles. The Morgan fingerprint density at radius 3 is 2.68 bits per heavy atom. The zero-order chi connectivity index (χ0) is 13.7. The normalized spacial score (nSPS) is 10.4. The van der Waals surface area contributed by atoms with E-state index in [0.717, 1.165) is 12.0 Å². The van der Waals surface area contributed by atoms with Crippen LogP contribution in [0, 0.1) is 6.92 Å². The molecule has 19 heavy (non-hydrogen) atoms. The maximum Gasteiger partial charge on any atom is 0.284 e. The van der Waals surface area contributed by atoms with Crippen LogP contribution < -0.4 is 5.48 Å². The van der Waals surface area contributed by atoms with E-state index in [1.165, 1.54) is 21.8 Å². The number of hydroxylamine groups is 1. The Balaban J connectivity index is 1.87. The topological polar surface area (TPSA) is 38.3 Å². The van der Waals surface area contributed by atoms with Gasteiger partial charge in [-0.3, -0.25) is 9.63 Å². The van der Waals surface area contributed by atoms with E-state index in [2.05, 4.69) is 12.4 Å². The first-order valence-corrected chi connectivity index (χ1v) is 7.07. The van der Waals surface area contributed by atoms with E-state index in [1.54, 1.807) is 0 Å². The molecular weight excluding hydrogens is 258 g/mol. The smallest absolute Gasteiger partial charge is 0.269 e. The van der Waals surface area contributed by atoms with Gasteiger partial charge in [-0.1, -0.05) is 37.3 Å². The van der Waals surface area contributed by atoms with Crippen molar-refractivity contribution in [1.82, 2.24) is 5.48 Å². The third kappa shape index (κ3) is 3.66. The molecule has 1 heterocycles. The number of nitrogens with one attached hydrogen (secondary N) is 1. The van der Waals surface area contributed by atoms with Gasteiger partial charge < -0.3 is 0 Å². The monoisotopic (exact) mass is 275 g/mol. The van der Waals surface area contributed by atoms with E-state index in [9.17, 15) is 4.79 Å².